The quantitative estimate of drug-likeness (QED) is 0.645. The van der Waals surface area contributed by atoms with Crippen molar-refractivity contribution in [1.82, 2.24) is 9.97 Å². The Balaban J connectivity index is 2.15. The van der Waals surface area contributed by atoms with Crippen molar-refractivity contribution in [3.8, 4) is 0 Å². The van der Waals surface area contributed by atoms with E-state index in [0.29, 0.717) is 5.82 Å². The van der Waals surface area contributed by atoms with Crippen LogP contribution in [-0.4, -0.2) is 15.8 Å². The number of carbonyl (C=O) groups excluding carboxylic acids is 1. The average Bonchev–Trinajstić information content (AvgIpc) is 2.02. The van der Waals surface area contributed by atoms with Gasteiger partial charge in [-0.2, -0.15) is 0 Å². The lowest BCUT2D eigenvalue weighted by molar-refractivity contribution is 0.0844. The van der Waals surface area contributed by atoms with E-state index in [9.17, 15) is 4.79 Å². The maximum atomic E-state index is 11.6. The van der Waals surface area contributed by atoms with Crippen LogP contribution in [0.2, 0.25) is 0 Å². The van der Waals surface area contributed by atoms with Crippen LogP contribution < -0.4 is 0 Å². The van der Waals surface area contributed by atoms with E-state index in [4.69, 9.17) is 0 Å². The molecule has 1 saturated carbocycles. The smallest absolute Gasteiger partial charge is 0.203 e. The van der Waals surface area contributed by atoms with Gasteiger partial charge in [0.25, 0.3) is 0 Å². The second-order valence-corrected chi connectivity index (χ2v) is 3.58. The van der Waals surface area contributed by atoms with Gasteiger partial charge in [0.1, 0.15) is 0 Å². The molecule has 0 atom stereocenters. The van der Waals surface area contributed by atoms with Crippen LogP contribution in [-0.2, 0) is 0 Å². The number of rotatable bonds is 2. The van der Waals surface area contributed by atoms with Gasteiger partial charge in [-0.25, -0.2) is 9.97 Å². The summed E-state index contributed by atoms with van der Waals surface area (Å²) in [4.78, 5) is 19.7. The molecule has 1 fully saturated rings. The molecule has 68 valence electrons. The number of hydrogen-bond acceptors (Lipinski definition) is 3. The van der Waals surface area contributed by atoms with Crippen LogP contribution in [0.25, 0.3) is 0 Å². The summed E-state index contributed by atoms with van der Waals surface area (Å²) in [6.07, 6.45) is 6.58. The molecule has 0 N–H and O–H groups in total. The summed E-state index contributed by atoms with van der Waals surface area (Å²) >= 11 is 0. The van der Waals surface area contributed by atoms with E-state index in [-0.39, 0.29) is 11.7 Å². The number of aromatic nitrogens is 2. The van der Waals surface area contributed by atoms with Crippen LogP contribution in [0.15, 0.2) is 12.4 Å². The Morgan fingerprint density at radius 2 is 2.00 bits per heavy atom. The van der Waals surface area contributed by atoms with Crippen LogP contribution in [0, 0.1) is 12.8 Å². The summed E-state index contributed by atoms with van der Waals surface area (Å²) in [7, 11) is 0. The number of nitrogens with zero attached hydrogens (tertiary/aromatic N) is 2. The molecular weight excluding hydrogens is 164 g/mol. The largest absolute Gasteiger partial charge is 0.290 e. The highest BCUT2D eigenvalue weighted by Gasteiger charge is 2.27. The van der Waals surface area contributed by atoms with E-state index in [2.05, 4.69) is 9.97 Å². The van der Waals surface area contributed by atoms with Gasteiger partial charge < -0.3 is 0 Å². The number of Topliss-reactive ketones (excluding diaryl/α,β-unsaturated/α-hetero) is 1. The molecule has 3 heteroatoms. The molecule has 0 aromatic carbocycles. The monoisotopic (exact) mass is 176 g/mol. The Morgan fingerprint density at radius 3 is 2.46 bits per heavy atom. The lowest BCUT2D eigenvalue weighted by Gasteiger charge is -2.22. The van der Waals surface area contributed by atoms with Gasteiger partial charge in [-0.05, 0) is 25.3 Å². The van der Waals surface area contributed by atoms with Gasteiger partial charge in [0, 0.05) is 18.3 Å². The Labute approximate surface area is 77.2 Å². The van der Waals surface area contributed by atoms with E-state index in [1.54, 1.807) is 12.4 Å². The van der Waals surface area contributed by atoms with Gasteiger partial charge in [-0.3, -0.25) is 4.79 Å². The number of hydrogen-bond donors (Lipinski definition) is 0. The first-order chi connectivity index (χ1) is 6.27. The first-order valence-electron chi connectivity index (χ1n) is 4.60. The number of aryl methyl sites for hydroxylation is 1. The highest BCUT2D eigenvalue weighted by atomic mass is 16.1. The molecule has 1 aliphatic rings. The van der Waals surface area contributed by atoms with E-state index < -0.39 is 0 Å². The van der Waals surface area contributed by atoms with Crippen molar-refractivity contribution in [2.75, 3.05) is 0 Å². The third-order valence-corrected chi connectivity index (χ3v) is 2.48. The van der Waals surface area contributed by atoms with Crippen LogP contribution in [0.3, 0.4) is 0 Å². The summed E-state index contributed by atoms with van der Waals surface area (Å²) in [5, 5.41) is 0. The van der Waals surface area contributed by atoms with E-state index in [1.807, 2.05) is 6.92 Å². The maximum Gasteiger partial charge on any atom is 0.203 e. The average molecular weight is 176 g/mol. The Hall–Kier alpha value is -1.25. The number of ketones is 1. The standard InChI is InChI=1S/C10H12N2O/c1-7-5-11-10(12-6-7)9(13)8-3-2-4-8/h5-6,8H,2-4H2,1H3. The highest BCUT2D eigenvalue weighted by molar-refractivity contribution is 5.94. The fraction of sp³-hybridized carbons (Fsp3) is 0.500. The second kappa shape index (κ2) is 3.24. The van der Waals surface area contributed by atoms with Gasteiger partial charge in [-0.1, -0.05) is 6.42 Å². The molecule has 0 radical (unpaired) electrons. The van der Waals surface area contributed by atoms with E-state index in [0.717, 1.165) is 18.4 Å². The highest BCUT2D eigenvalue weighted by Crippen LogP contribution is 2.28. The molecule has 1 aromatic rings. The summed E-state index contributed by atoms with van der Waals surface area (Å²) in [5.74, 6) is 0.698. The molecule has 13 heavy (non-hydrogen) atoms. The topological polar surface area (TPSA) is 42.9 Å². The minimum atomic E-state index is 0.117. The molecule has 0 unspecified atom stereocenters. The lowest BCUT2D eigenvalue weighted by atomic mass is 9.82. The lowest BCUT2D eigenvalue weighted by Crippen LogP contribution is -2.23. The Kier molecular flexibility index (Phi) is 2.08. The SMILES string of the molecule is Cc1cnc(C(=O)C2CCC2)nc1. The molecule has 1 aromatic heterocycles. The Bertz CT molecular complexity index is 314. The fourth-order valence-corrected chi connectivity index (χ4v) is 1.37. The maximum absolute atomic E-state index is 11.6. The van der Waals surface area contributed by atoms with Crippen molar-refractivity contribution < 1.29 is 4.79 Å². The van der Waals surface area contributed by atoms with Gasteiger partial charge in [0.2, 0.25) is 5.78 Å². The molecular formula is C10H12N2O. The van der Waals surface area contributed by atoms with Gasteiger partial charge in [0.05, 0.1) is 0 Å². The van der Waals surface area contributed by atoms with Crippen LogP contribution >= 0.6 is 0 Å². The van der Waals surface area contributed by atoms with Crippen LogP contribution in [0.1, 0.15) is 35.4 Å². The molecule has 1 heterocycles. The normalized spacial score (nSPS) is 16.7. The first kappa shape index (κ1) is 8.35. The van der Waals surface area contributed by atoms with Crippen molar-refractivity contribution in [2.24, 2.45) is 5.92 Å². The zero-order valence-electron chi connectivity index (χ0n) is 7.66. The zero-order chi connectivity index (χ0) is 9.26. The van der Waals surface area contributed by atoms with Gasteiger partial charge >= 0.3 is 0 Å². The molecule has 0 amide bonds. The van der Waals surface area contributed by atoms with Crippen molar-refractivity contribution in [3.63, 3.8) is 0 Å². The molecule has 0 aliphatic heterocycles. The van der Waals surface area contributed by atoms with Crippen molar-refractivity contribution in [3.05, 3.63) is 23.8 Å². The van der Waals surface area contributed by atoms with Crippen molar-refractivity contribution >= 4 is 5.78 Å². The molecule has 3 nitrogen and oxygen atoms in total. The van der Waals surface area contributed by atoms with Gasteiger partial charge in [-0.15, -0.1) is 0 Å². The summed E-state index contributed by atoms with van der Waals surface area (Å²) in [5.41, 5.74) is 0.991. The van der Waals surface area contributed by atoms with Crippen LogP contribution in [0.5, 0.6) is 0 Å². The second-order valence-electron chi connectivity index (χ2n) is 3.58. The van der Waals surface area contributed by atoms with Gasteiger partial charge in [0.15, 0.2) is 5.82 Å². The zero-order valence-corrected chi connectivity index (χ0v) is 7.66. The predicted molar refractivity (Wildman–Crippen MR) is 48.4 cm³/mol. The third-order valence-electron chi connectivity index (χ3n) is 2.48. The predicted octanol–water partition coefficient (Wildman–Crippen LogP) is 1.77. The summed E-state index contributed by atoms with van der Waals surface area (Å²) < 4.78 is 0. The van der Waals surface area contributed by atoms with E-state index in [1.165, 1.54) is 6.42 Å². The first-order valence-corrected chi connectivity index (χ1v) is 4.60. The van der Waals surface area contributed by atoms with E-state index >= 15 is 0 Å². The van der Waals surface area contributed by atoms with Crippen LogP contribution in [0.4, 0.5) is 0 Å². The summed E-state index contributed by atoms with van der Waals surface area (Å²) in [6.45, 7) is 1.91. The third kappa shape index (κ3) is 1.59. The molecule has 1 aliphatic carbocycles. The van der Waals surface area contributed by atoms with Crippen molar-refractivity contribution in [2.45, 2.75) is 26.2 Å². The fourth-order valence-electron chi connectivity index (χ4n) is 1.37. The minimum absolute atomic E-state index is 0.117. The Morgan fingerprint density at radius 1 is 1.38 bits per heavy atom. The summed E-state index contributed by atoms with van der Waals surface area (Å²) in [6, 6.07) is 0. The molecule has 0 bridgehead atoms. The number of carbonyl (C=O) groups is 1. The van der Waals surface area contributed by atoms with Crippen molar-refractivity contribution in [1.29, 1.82) is 0 Å². The molecule has 0 saturated heterocycles. The molecule has 2 rings (SSSR count). The minimum Gasteiger partial charge on any atom is -0.290 e. The molecule has 0 spiro atoms.